The van der Waals surface area contributed by atoms with Gasteiger partial charge in [-0.25, -0.2) is 10.9 Å². The molecule has 0 spiro atoms. The molecule has 4 nitrogen and oxygen atoms in total. The van der Waals surface area contributed by atoms with Gasteiger partial charge in [-0.3, -0.25) is 4.79 Å². The zero-order chi connectivity index (χ0) is 17.2. The SMILES string of the molecule is Cc1cccc(NC(=O)C2CC(c3cccc4ccccc34)NN2)c1. The molecule has 1 aliphatic heterocycles. The standard InChI is InChI=1S/C21H21N3O/c1-14-6-4-9-16(12-14)22-21(25)20-13-19(23-24-20)18-11-5-8-15-7-2-3-10-17(15)18/h2-12,19-20,23-24H,13H2,1H3,(H,22,25). The maximum Gasteiger partial charge on any atom is 0.242 e. The summed E-state index contributed by atoms with van der Waals surface area (Å²) < 4.78 is 0. The van der Waals surface area contributed by atoms with Crippen molar-refractivity contribution < 1.29 is 4.79 Å². The molecule has 1 amide bonds. The first-order valence-electron chi connectivity index (χ1n) is 8.57. The Labute approximate surface area is 147 Å². The molecular formula is C21H21N3O. The van der Waals surface area contributed by atoms with Gasteiger partial charge in [0.25, 0.3) is 0 Å². The summed E-state index contributed by atoms with van der Waals surface area (Å²) in [7, 11) is 0. The molecule has 1 aliphatic rings. The summed E-state index contributed by atoms with van der Waals surface area (Å²) in [6, 6.07) is 22.4. The number of carbonyl (C=O) groups is 1. The molecule has 0 aliphatic carbocycles. The van der Waals surface area contributed by atoms with E-state index in [1.165, 1.54) is 16.3 Å². The summed E-state index contributed by atoms with van der Waals surface area (Å²) in [5, 5.41) is 5.44. The predicted molar refractivity (Wildman–Crippen MR) is 101 cm³/mol. The second-order valence-corrected chi connectivity index (χ2v) is 6.56. The summed E-state index contributed by atoms with van der Waals surface area (Å²) >= 11 is 0. The Balaban J connectivity index is 1.50. The van der Waals surface area contributed by atoms with E-state index in [2.05, 4.69) is 52.6 Å². The Kier molecular flexibility index (Phi) is 4.22. The number of fused-ring (bicyclic) bond motifs is 1. The van der Waals surface area contributed by atoms with Crippen molar-refractivity contribution in [2.45, 2.75) is 25.4 Å². The van der Waals surface area contributed by atoms with Gasteiger partial charge >= 0.3 is 0 Å². The summed E-state index contributed by atoms with van der Waals surface area (Å²) in [4.78, 5) is 12.6. The molecule has 2 unspecified atom stereocenters. The Morgan fingerprint density at radius 1 is 1.00 bits per heavy atom. The average molecular weight is 331 g/mol. The summed E-state index contributed by atoms with van der Waals surface area (Å²) in [5.41, 5.74) is 9.61. The van der Waals surface area contributed by atoms with E-state index < -0.39 is 0 Å². The van der Waals surface area contributed by atoms with Gasteiger partial charge in [0.05, 0.1) is 0 Å². The summed E-state index contributed by atoms with van der Waals surface area (Å²) in [5.74, 6) is -0.0131. The van der Waals surface area contributed by atoms with E-state index in [1.807, 2.05) is 37.3 Å². The zero-order valence-corrected chi connectivity index (χ0v) is 14.1. The highest BCUT2D eigenvalue weighted by molar-refractivity contribution is 5.95. The smallest absolute Gasteiger partial charge is 0.242 e. The number of hydrazine groups is 1. The quantitative estimate of drug-likeness (QED) is 0.686. The zero-order valence-electron chi connectivity index (χ0n) is 14.1. The number of carbonyl (C=O) groups excluding carboxylic acids is 1. The van der Waals surface area contributed by atoms with Gasteiger partial charge in [0.2, 0.25) is 5.91 Å². The lowest BCUT2D eigenvalue weighted by Gasteiger charge is -2.13. The lowest BCUT2D eigenvalue weighted by atomic mass is 9.96. The van der Waals surface area contributed by atoms with E-state index in [4.69, 9.17) is 0 Å². The molecule has 3 aromatic carbocycles. The van der Waals surface area contributed by atoms with Crippen LogP contribution in [-0.4, -0.2) is 11.9 Å². The van der Waals surface area contributed by atoms with E-state index in [9.17, 15) is 4.79 Å². The van der Waals surface area contributed by atoms with Gasteiger partial charge in [-0.15, -0.1) is 0 Å². The minimum absolute atomic E-state index is 0.0131. The van der Waals surface area contributed by atoms with Gasteiger partial charge < -0.3 is 5.32 Å². The van der Waals surface area contributed by atoms with Gasteiger partial charge in [-0.2, -0.15) is 0 Å². The molecule has 25 heavy (non-hydrogen) atoms. The molecule has 0 bridgehead atoms. The first-order valence-corrected chi connectivity index (χ1v) is 8.57. The van der Waals surface area contributed by atoms with Crippen molar-refractivity contribution in [2.24, 2.45) is 0 Å². The number of anilines is 1. The molecule has 4 heteroatoms. The number of hydrogen-bond donors (Lipinski definition) is 3. The Morgan fingerprint density at radius 2 is 1.80 bits per heavy atom. The number of rotatable bonds is 3. The van der Waals surface area contributed by atoms with Gasteiger partial charge in [0, 0.05) is 11.7 Å². The molecule has 1 fully saturated rings. The first kappa shape index (κ1) is 15.8. The summed E-state index contributed by atoms with van der Waals surface area (Å²) in [6.45, 7) is 2.02. The predicted octanol–water partition coefficient (Wildman–Crippen LogP) is 3.69. The maximum absolute atomic E-state index is 12.6. The lowest BCUT2D eigenvalue weighted by Crippen LogP contribution is -2.39. The maximum atomic E-state index is 12.6. The molecule has 126 valence electrons. The van der Waals surface area contributed by atoms with Crippen LogP contribution in [0.2, 0.25) is 0 Å². The third kappa shape index (κ3) is 3.27. The molecule has 1 saturated heterocycles. The van der Waals surface area contributed by atoms with Crippen LogP contribution in [0.25, 0.3) is 10.8 Å². The summed E-state index contributed by atoms with van der Waals surface area (Å²) in [6.07, 6.45) is 0.714. The highest BCUT2D eigenvalue weighted by Crippen LogP contribution is 2.29. The molecule has 3 N–H and O–H groups in total. The van der Waals surface area contributed by atoms with Gasteiger partial charge in [0.15, 0.2) is 0 Å². The fourth-order valence-electron chi connectivity index (χ4n) is 3.44. The Bertz CT molecular complexity index is 916. The molecular weight excluding hydrogens is 310 g/mol. The van der Waals surface area contributed by atoms with Crippen LogP contribution >= 0.6 is 0 Å². The van der Waals surface area contributed by atoms with Crippen LogP contribution in [0.4, 0.5) is 5.69 Å². The number of hydrogen-bond acceptors (Lipinski definition) is 3. The normalized spacial score (nSPS) is 19.9. The molecule has 2 atom stereocenters. The number of amides is 1. The molecule has 0 aromatic heterocycles. The third-order valence-corrected chi connectivity index (χ3v) is 4.70. The molecule has 1 heterocycles. The molecule has 3 aromatic rings. The average Bonchev–Trinajstić information content (AvgIpc) is 3.11. The van der Waals surface area contributed by atoms with Crippen molar-refractivity contribution in [1.29, 1.82) is 0 Å². The monoisotopic (exact) mass is 331 g/mol. The van der Waals surface area contributed by atoms with Crippen LogP contribution in [0.15, 0.2) is 66.7 Å². The third-order valence-electron chi connectivity index (χ3n) is 4.70. The van der Waals surface area contributed by atoms with Gasteiger partial charge in [-0.05, 0) is 47.4 Å². The van der Waals surface area contributed by atoms with Crippen molar-refractivity contribution in [3.63, 3.8) is 0 Å². The fraction of sp³-hybridized carbons (Fsp3) is 0.190. The molecule has 4 rings (SSSR count). The van der Waals surface area contributed by atoms with Crippen molar-refractivity contribution in [2.75, 3.05) is 5.32 Å². The van der Waals surface area contributed by atoms with Crippen molar-refractivity contribution >= 4 is 22.4 Å². The largest absolute Gasteiger partial charge is 0.325 e. The fourth-order valence-corrected chi connectivity index (χ4v) is 3.44. The Hall–Kier alpha value is -2.69. The van der Waals surface area contributed by atoms with Crippen LogP contribution in [-0.2, 0) is 4.79 Å². The van der Waals surface area contributed by atoms with Crippen LogP contribution in [0.5, 0.6) is 0 Å². The van der Waals surface area contributed by atoms with Crippen LogP contribution in [0.1, 0.15) is 23.6 Å². The molecule has 0 radical (unpaired) electrons. The topological polar surface area (TPSA) is 53.2 Å². The minimum atomic E-state index is -0.260. The highest BCUT2D eigenvalue weighted by Gasteiger charge is 2.30. The van der Waals surface area contributed by atoms with E-state index >= 15 is 0 Å². The van der Waals surface area contributed by atoms with Crippen LogP contribution in [0.3, 0.4) is 0 Å². The van der Waals surface area contributed by atoms with Crippen LogP contribution in [0, 0.1) is 6.92 Å². The number of nitrogens with one attached hydrogen (secondary N) is 3. The van der Waals surface area contributed by atoms with E-state index in [0.29, 0.717) is 6.42 Å². The van der Waals surface area contributed by atoms with E-state index in [-0.39, 0.29) is 18.0 Å². The van der Waals surface area contributed by atoms with E-state index in [1.54, 1.807) is 0 Å². The lowest BCUT2D eigenvalue weighted by molar-refractivity contribution is -0.117. The van der Waals surface area contributed by atoms with Crippen molar-refractivity contribution in [1.82, 2.24) is 10.9 Å². The second kappa shape index (κ2) is 6.67. The Morgan fingerprint density at radius 3 is 2.68 bits per heavy atom. The second-order valence-electron chi connectivity index (χ2n) is 6.56. The van der Waals surface area contributed by atoms with Gasteiger partial charge in [-0.1, -0.05) is 54.6 Å². The number of benzene rings is 3. The van der Waals surface area contributed by atoms with E-state index in [0.717, 1.165) is 11.3 Å². The van der Waals surface area contributed by atoms with Crippen molar-refractivity contribution in [3.8, 4) is 0 Å². The van der Waals surface area contributed by atoms with Gasteiger partial charge in [0.1, 0.15) is 6.04 Å². The highest BCUT2D eigenvalue weighted by atomic mass is 16.2. The molecule has 0 saturated carbocycles. The van der Waals surface area contributed by atoms with Crippen molar-refractivity contribution in [3.05, 3.63) is 77.9 Å². The number of aryl methyl sites for hydroxylation is 1. The van der Waals surface area contributed by atoms with Crippen LogP contribution < -0.4 is 16.2 Å². The first-order chi connectivity index (χ1) is 12.2. The minimum Gasteiger partial charge on any atom is -0.325 e.